The van der Waals surface area contributed by atoms with Crippen molar-refractivity contribution < 1.29 is 9.84 Å². The first-order valence-electron chi connectivity index (χ1n) is 4.87. The summed E-state index contributed by atoms with van der Waals surface area (Å²) in [5.74, 6) is 0.731. The van der Waals surface area contributed by atoms with E-state index >= 15 is 0 Å². The molecule has 2 nitrogen and oxygen atoms in total. The van der Waals surface area contributed by atoms with Crippen LogP contribution in [0.15, 0.2) is 0 Å². The summed E-state index contributed by atoms with van der Waals surface area (Å²) >= 11 is 0. The molecular formula is C10H20O2. The van der Waals surface area contributed by atoms with Crippen LogP contribution in [-0.2, 0) is 4.74 Å². The second-order valence-electron chi connectivity index (χ2n) is 4.39. The van der Waals surface area contributed by atoms with Crippen molar-refractivity contribution in [2.75, 3.05) is 19.8 Å². The Morgan fingerprint density at radius 3 is 2.67 bits per heavy atom. The van der Waals surface area contributed by atoms with Crippen molar-refractivity contribution in [3.63, 3.8) is 0 Å². The molecule has 0 radical (unpaired) electrons. The Kier molecular flexibility index (Phi) is 3.53. The minimum Gasteiger partial charge on any atom is -0.396 e. The minimum atomic E-state index is 0.101. The van der Waals surface area contributed by atoms with E-state index in [2.05, 4.69) is 13.8 Å². The number of rotatable bonds is 4. The highest BCUT2D eigenvalue weighted by molar-refractivity contribution is 4.82. The molecule has 1 fully saturated rings. The van der Waals surface area contributed by atoms with E-state index in [0.717, 1.165) is 32.0 Å². The Morgan fingerprint density at radius 1 is 1.50 bits per heavy atom. The van der Waals surface area contributed by atoms with E-state index in [9.17, 15) is 5.11 Å². The Labute approximate surface area is 74.9 Å². The molecule has 0 aromatic heterocycles. The molecule has 1 aliphatic heterocycles. The van der Waals surface area contributed by atoms with Crippen LogP contribution in [0.1, 0.15) is 33.1 Å². The highest BCUT2D eigenvalue weighted by Crippen LogP contribution is 2.34. The summed E-state index contributed by atoms with van der Waals surface area (Å²) in [4.78, 5) is 0. The second kappa shape index (κ2) is 4.24. The van der Waals surface area contributed by atoms with Gasteiger partial charge in [-0.15, -0.1) is 0 Å². The Balaban J connectivity index is 2.34. The maximum atomic E-state index is 9.25. The van der Waals surface area contributed by atoms with Gasteiger partial charge in [-0.05, 0) is 18.8 Å². The third kappa shape index (κ3) is 2.46. The summed E-state index contributed by atoms with van der Waals surface area (Å²) in [6.07, 6.45) is 3.35. The molecule has 1 saturated heterocycles. The summed E-state index contributed by atoms with van der Waals surface area (Å²) in [5.41, 5.74) is 0.101. The first kappa shape index (κ1) is 10.0. The molecule has 1 heterocycles. The molecule has 0 aromatic carbocycles. The maximum Gasteiger partial charge on any atom is 0.0545 e. The SMILES string of the molecule is CC(C)CCC1(CO)CCOC1. The van der Waals surface area contributed by atoms with E-state index in [0.29, 0.717) is 6.61 Å². The van der Waals surface area contributed by atoms with Gasteiger partial charge in [0.15, 0.2) is 0 Å². The fourth-order valence-electron chi connectivity index (χ4n) is 1.65. The third-order valence-corrected chi connectivity index (χ3v) is 2.77. The predicted molar refractivity (Wildman–Crippen MR) is 49.0 cm³/mol. The summed E-state index contributed by atoms with van der Waals surface area (Å²) < 4.78 is 5.32. The van der Waals surface area contributed by atoms with Gasteiger partial charge in [0.1, 0.15) is 0 Å². The smallest absolute Gasteiger partial charge is 0.0545 e. The molecular weight excluding hydrogens is 152 g/mol. The zero-order valence-electron chi connectivity index (χ0n) is 8.18. The van der Waals surface area contributed by atoms with Gasteiger partial charge >= 0.3 is 0 Å². The second-order valence-corrected chi connectivity index (χ2v) is 4.39. The minimum absolute atomic E-state index is 0.101. The lowest BCUT2D eigenvalue weighted by atomic mass is 9.81. The molecule has 72 valence electrons. The van der Waals surface area contributed by atoms with Gasteiger partial charge in [0.2, 0.25) is 0 Å². The van der Waals surface area contributed by atoms with Gasteiger partial charge in [0, 0.05) is 12.0 Å². The standard InChI is InChI=1S/C10H20O2/c1-9(2)3-4-10(7-11)5-6-12-8-10/h9,11H,3-8H2,1-2H3. The van der Waals surface area contributed by atoms with E-state index < -0.39 is 0 Å². The summed E-state index contributed by atoms with van der Waals surface area (Å²) in [6.45, 7) is 6.33. The average molecular weight is 172 g/mol. The highest BCUT2D eigenvalue weighted by Gasteiger charge is 2.33. The summed E-state index contributed by atoms with van der Waals surface area (Å²) in [5, 5.41) is 9.25. The van der Waals surface area contributed by atoms with Crippen LogP contribution in [0.3, 0.4) is 0 Å². The van der Waals surface area contributed by atoms with E-state index in [1.807, 2.05) is 0 Å². The number of hydrogen-bond acceptors (Lipinski definition) is 2. The van der Waals surface area contributed by atoms with E-state index in [-0.39, 0.29) is 5.41 Å². The molecule has 1 atom stereocenters. The molecule has 0 aliphatic carbocycles. The van der Waals surface area contributed by atoms with Crippen LogP contribution >= 0.6 is 0 Å². The fraction of sp³-hybridized carbons (Fsp3) is 1.00. The Morgan fingerprint density at radius 2 is 2.25 bits per heavy atom. The Hall–Kier alpha value is -0.0800. The molecule has 0 spiro atoms. The van der Waals surface area contributed by atoms with Crippen LogP contribution in [0, 0.1) is 11.3 Å². The van der Waals surface area contributed by atoms with Gasteiger partial charge in [-0.25, -0.2) is 0 Å². The molecule has 1 N–H and O–H groups in total. The van der Waals surface area contributed by atoms with Crippen molar-refractivity contribution in [1.29, 1.82) is 0 Å². The van der Waals surface area contributed by atoms with E-state index in [1.165, 1.54) is 6.42 Å². The average Bonchev–Trinajstić information content (AvgIpc) is 2.50. The quantitative estimate of drug-likeness (QED) is 0.701. The number of aliphatic hydroxyl groups is 1. The molecule has 12 heavy (non-hydrogen) atoms. The van der Waals surface area contributed by atoms with Gasteiger partial charge in [-0.3, -0.25) is 0 Å². The first-order valence-corrected chi connectivity index (χ1v) is 4.87. The van der Waals surface area contributed by atoms with Crippen molar-refractivity contribution in [2.45, 2.75) is 33.1 Å². The van der Waals surface area contributed by atoms with Crippen LogP contribution in [0.2, 0.25) is 0 Å². The molecule has 1 unspecified atom stereocenters. The lowest BCUT2D eigenvalue weighted by molar-refractivity contribution is 0.0820. The lowest BCUT2D eigenvalue weighted by Crippen LogP contribution is -2.26. The number of hydrogen-bond donors (Lipinski definition) is 1. The van der Waals surface area contributed by atoms with Crippen molar-refractivity contribution >= 4 is 0 Å². The van der Waals surface area contributed by atoms with Crippen LogP contribution < -0.4 is 0 Å². The van der Waals surface area contributed by atoms with Gasteiger partial charge in [0.05, 0.1) is 13.2 Å². The molecule has 1 rings (SSSR count). The molecule has 0 saturated carbocycles. The van der Waals surface area contributed by atoms with Crippen molar-refractivity contribution in [3.05, 3.63) is 0 Å². The van der Waals surface area contributed by atoms with Crippen LogP contribution in [-0.4, -0.2) is 24.9 Å². The lowest BCUT2D eigenvalue weighted by Gasteiger charge is -2.25. The van der Waals surface area contributed by atoms with Crippen LogP contribution in [0.25, 0.3) is 0 Å². The predicted octanol–water partition coefficient (Wildman–Crippen LogP) is 1.82. The third-order valence-electron chi connectivity index (χ3n) is 2.77. The number of ether oxygens (including phenoxy) is 1. The molecule has 1 aliphatic rings. The van der Waals surface area contributed by atoms with Crippen molar-refractivity contribution in [2.24, 2.45) is 11.3 Å². The van der Waals surface area contributed by atoms with Crippen molar-refractivity contribution in [3.8, 4) is 0 Å². The topological polar surface area (TPSA) is 29.5 Å². The Bertz CT molecular complexity index is 126. The van der Waals surface area contributed by atoms with E-state index in [4.69, 9.17) is 4.74 Å². The first-order chi connectivity index (χ1) is 5.68. The van der Waals surface area contributed by atoms with Crippen molar-refractivity contribution in [1.82, 2.24) is 0 Å². The monoisotopic (exact) mass is 172 g/mol. The van der Waals surface area contributed by atoms with Crippen LogP contribution in [0.5, 0.6) is 0 Å². The van der Waals surface area contributed by atoms with Gasteiger partial charge in [0.25, 0.3) is 0 Å². The summed E-state index contributed by atoms with van der Waals surface area (Å²) in [6, 6.07) is 0. The molecule has 0 bridgehead atoms. The highest BCUT2D eigenvalue weighted by atomic mass is 16.5. The van der Waals surface area contributed by atoms with E-state index in [1.54, 1.807) is 0 Å². The zero-order chi connectivity index (χ0) is 9.03. The summed E-state index contributed by atoms with van der Waals surface area (Å²) in [7, 11) is 0. The maximum absolute atomic E-state index is 9.25. The zero-order valence-corrected chi connectivity index (χ0v) is 8.18. The normalized spacial score (nSPS) is 30.0. The van der Waals surface area contributed by atoms with Gasteiger partial charge in [-0.1, -0.05) is 20.3 Å². The number of aliphatic hydroxyl groups excluding tert-OH is 1. The largest absolute Gasteiger partial charge is 0.396 e. The molecule has 2 heteroatoms. The van der Waals surface area contributed by atoms with Gasteiger partial charge < -0.3 is 9.84 Å². The molecule has 0 amide bonds. The fourth-order valence-corrected chi connectivity index (χ4v) is 1.65. The van der Waals surface area contributed by atoms with Gasteiger partial charge in [-0.2, -0.15) is 0 Å². The molecule has 0 aromatic rings. The van der Waals surface area contributed by atoms with Crippen LogP contribution in [0.4, 0.5) is 0 Å².